The maximum atomic E-state index is 5.72. The fourth-order valence-corrected chi connectivity index (χ4v) is 2.73. The van der Waals surface area contributed by atoms with Crippen molar-refractivity contribution < 1.29 is 9.47 Å². The number of rotatable bonds is 4. The summed E-state index contributed by atoms with van der Waals surface area (Å²) in [6.45, 7) is 16.1. The van der Waals surface area contributed by atoms with Crippen LogP contribution in [0.15, 0.2) is 9.98 Å². The number of nitrogens with zero attached hydrogens (tertiary/aromatic N) is 2. The zero-order valence-corrected chi connectivity index (χ0v) is 16.1. The van der Waals surface area contributed by atoms with Gasteiger partial charge in [0, 0.05) is 6.42 Å². The van der Waals surface area contributed by atoms with Crippen molar-refractivity contribution in [1.82, 2.24) is 0 Å². The molecule has 1 heterocycles. The molecular weight excluding hydrogens is 292 g/mol. The van der Waals surface area contributed by atoms with Gasteiger partial charge in [0.05, 0.1) is 13.2 Å². The smallest absolute Gasteiger partial charge is 0.210 e. The van der Waals surface area contributed by atoms with Crippen LogP contribution in [0.1, 0.15) is 34.1 Å². The predicted molar refractivity (Wildman–Crippen MR) is 96.3 cm³/mol. The quantitative estimate of drug-likeness (QED) is 0.587. The van der Waals surface area contributed by atoms with Crippen LogP contribution in [0.4, 0.5) is 0 Å². The second kappa shape index (κ2) is 8.38. The Morgan fingerprint density at radius 2 is 1.64 bits per heavy atom. The van der Waals surface area contributed by atoms with Crippen molar-refractivity contribution in [2.24, 2.45) is 15.9 Å². The van der Waals surface area contributed by atoms with Gasteiger partial charge in [0.15, 0.2) is 0 Å². The Morgan fingerprint density at radius 3 is 2.14 bits per heavy atom. The van der Waals surface area contributed by atoms with Crippen LogP contribution < -0.4 is 0 Å². The van der Waals surface area contributed by atoms with Crippen LogP contribution in [0.25, 0.3) is 0 Å². The van der Waals surface area contributed by atoms with E-state index in [1.165, 1.54) is 0 Å². The lowest BCUT2D eigenvalue weighted by Gasteiger charge is -2.27. The molecule has 22 heavy (non-hydrogen) atoms. The van der Waals surface area contributed by atoms with Crippen molar-refractivity contribution in [3.05, 3.63) is 0 Å². The minimum atomic E-state index is -1.37. The summed E-state index contributed by atoms with van der Waals surface area (Å²) in [5, 5.41) is 0. The Balaban J connectivity index is 2.99. The number of hydrogen-bond acceptors (Lipinski definition) is 4. The average Bonchev–Trinajstić information content (AvgIpc) is 2.40. The maximum absolute atomic E-state index is 5.72. The summed E-state index contributed by atoms with van der Waals surface area (Å²) < 4.78 is 11.4. The van der Waals surface area contributed by atoms with Gasteiger partial charge in [-0.25, -0.2) is 9.98 Å². The topological polar surface area (TPSA) is 43.2 Å². The number of aliphatic imine (C=N–C) groups is 2. The molecule has 0 fully saturated rings. The molecule has 0 N–H and O–H groups in total. The van der Waals surface area contributed by atoms with E-state index in [1.807, 2.05) is 13.8 Å². The lowest BCUT2D eigenvalue weighted by atomic mass is 10.0. The Hall–Kier alpha value is -1.28. The lowest BCUT2D eigenvalue weighted by molar-refractivity contribution is 0.276. The highest BCUT2D eigenvalue weighted by atomic mass is 28.3. The van der Waals surface area contributed by atoms with Crippen LogP contribution in [0.2, 0.25) is 19.6 Å². The van der Waals surface area contributed by atoms with E-state index in [-0.39, 0.29) is 12.1 Å². The fraction of sp³-hybridized carbons (Fsp3) is 0.765. The van der Waals surface area contributed by atoms with E-state index in [9.17, 15) is 0 Å². The van der Waals surface area contributed by atoms with Crippen LogP contribution in [-0.2, 0) is 9.47 Å². The summed E-state index contributed by atoms with van der Waals surface area (Å²) in [6, 6.07) is -0.192. The van der Waals surface area contributed by atoms with Crippen molar-refractivity contribution in [1.29, 1.82) is 0 Å². The Bertz CT molecular complexity index is 481. The van der Waals surface area contributed by atoms with E-state index in [1.54, 1.807) is 0 Å². The Kier molecular flexibility index (Phi) is 7.14. The van der Waals surface area contributed by atoms with E-state index >= 15 is 0 Å². The van der Waals surface area contributed by atoms with E-state index in [0.29, 0.717) is 31.5 Å². The van der Waals surface area contributed by atoms with Crippen molar-refractivity contribution in [2.75, 3.05) is 13.2 Å². The molecule has 0 amide bonds. The van der Waals surface area contributed by atoms with Gasteiger partial charge in [0.25, 0.3) is 0 Å². The molecule has 4 nitrogen and oxygen atoms in total. The molecule has 0 aliphatic carbocycles. The standard InChI is InChI=1S/C17H30N2O2Si/c1-8-20-16-14(11-10-12-22(5,6)7)18-17(21-9-2)15(19-16)13(3)4/h13-15H,8-9,11H2,1-7H3/t14-,15+/m0/s1. The van der Waals surface area contributed by atoms with Crippen LogP contribution in [0, 0.1) is 17.4 Å². The van der Waals surface area contributed by atoms with Gasteiger partial charge in [-0.3, -0.25) is 0 Å². The van der Waals surface area contributed by atoms with E-state index in [4.69, 9.17) is 19.5 Å². The molecule has 0 saturated carbocycles. The van der Waals surface area contributed by atoms with Crippen molar-refractivity contribution in [3.8, 4) is 11.5 Å². The van der Waals surface area contributed by atoms with E-state index in [2.05, 4.69) is 45.0 Å². The Morgan fingerprint density at radius 1 is 1.05 bits per heavy atom. The van der Waals surface area contributed by atoms with E-state index < -0.39 is 8.07 Å². The van der Waals surface area contributed by atoms with Crippen molar-refractivity contribution in [3.63, 3.8) is 0 Å². The molecule has 0 spiro atoms. The first-order chi connectivity index (χ1) is 10.3. The minimum Gasteiger partial charge on any atom is -0.480 e. The lowest BCUT2D eigenvalue weighted by Crippen LogP contribution is -2.38. The summed E-state index contributed by atoms with van der Waals surface area (Å²) in [6.07, 6.45) is 0.643. The minimum absolute atomic E-state index is 0.0531. The summed E-state index contributed by atoms with van der Waals surface area (Å²) in [7, 11) is -1.37. The highest BCUT2D eigenvalue weighted by molar-refractivity contribution is 6.83. The molecule has 0 aromatic rings. The molecule has 0 radical (unpaired) electrons. The van der Waals surface area contributed by atoms with Crippen LogP contribution in [-0.4, -0.2) is 45.2 Å². The summed E-state index contributed by atoms with van der Waals surface area (Å²) in [5.74, 6) is 5.03. The normalized spacial score (nSPS) is 21.6. The second-order valence-electron chi connectivity index (χ2n) is 6.76. The molecule has 1 aliphatic heterocycles. The molecule has 0 unspecified atom stereocenters. The zero-order chi connectivity index (χ0) is 16.8. The average molecular weight is 323 g/mol. The Labute approximate surface area is 136 Å². The third kappa shape index (κ3) is 5.84. The van der Waals surface area contributed by atoms with Crippen LogP contribution in [0.5, 0.6) is 0 Å². The first kappa shape index (κ1) is 18.8. The zero-order valence-electron chi connectivity index (χ0n) is 15.1. The maximum Gasteiger partial charge on any atom is 0.210 e. The van der Waals surface area contributed by atoms with Crippen molar-refractivity contribution >= 4 is 19.9 Å². The van der Waals surface area contributed by atoms with Gasteiger partial charge in [-0.05, 0) is 19.8 Å². The fourth-order valence-electron chi connectivity index (χ4n) is 2.10. The monoisotopic (exact) mass is 322 g/mol. The molecule has 0 aromatic carbocycles. The molecule has 5 heteroatoms. The van der Waals surface area contributed by atoms with Crippen LogP contribution in [0.3, 0.4) is 0 Å². The first-order valence-electron chi connectivity index (χ1n) is 8.19. The van der Waals surface area contributed by atoms with E-state index in [0.717, 1.165) is 5.90 Å². The molecule has 0 aromatic heterocycles. The largest absolute Gasteiger partial charge is 0.480 e. The summed E-state index contributed by atoms with van der Waals surface area (Å²) in [4.78, 5) is 9.50. The number of ether oxygens (including phenoxy) is 2. The first-order valence-corrected chi connectivity index (χ1v) is 11.7. The molecule has 0 bridgehead atoms. The van der Waals surface area contributed by atoms with Gasteiger partial charge in [-0.2, -0.15) is 0 Å². The molecule has 1 rings (SSSR count). The molecular formula is C17H30N2O2Si. The SMILES string of the molecule is CCOC1=N[C@H](C(C)C)C(OCC)=N[C@H]1CC#C[Si](C)(C)C. The number of hydrogen-bond donors (Lipinski definition) is 0. The summed E-state index contributed by atoms with van der Waals surface area (Å²) in [5.41, 5.74) is 3.38. The highest BCUT2D eigenvalue weighted by Gasteiger charge is 2.31. The molecule has 2 atom stereocenters. The highest BCUT2D eigenvalue weighted by Crippen LogP contribution is 2.19. The van der Waals surface area contributed by atoms with Gasteiger partial charge in [0.1, 0.15) is 20.2 Å². The third-order valence-electron chi connectivity index (χ3n) is 3.06. The van der Waals surface area contributed by atoms with Crippen molar-refractivity contribution in [2.45, 2.75) is 65.8 Å². The molecule has 0 saturated heterocycles. The van der Waals surface area contributed by atoms with Crippen LogP contribution >= 0.6 is 0 Å². The third-order valence-corrected chi connectivity index (χ3v) is 3.99. The van der Waals surface area contributed by atoms with Gasteiger partial charge in [-0.1, -0.05) is 33.5 Å². The van der Waals surface area contributed by atoms with Gasteiger partial charge in [-0.15, -0.1) is 11.5 Å². The molecule has 1 aliphatic rings. The molecule has 124 valence electrons. The summed E-state index contributed by atoms with van der Waals surface area (Å²) >= 11 is 0. The van der Waals surface area contributed by atoms with Gasteiger partial charge in [0.2, 0.25) is 11.8 Å². The van der Waals surface area contributed by atoms with Gasteiger partial charge < -0.3 is 9.47 Å². The second-order valence-corrected chi connectivity index (χ2v) is 11.5. The predicted octanol–water partition coefficient (Wildman–Crippen LogP) is 3.53. The van der Waals surface area contributed by atoms with Gasteiger partial charge >= 0.3 is 0 Å².